The largest absolute Gasteiger partial charge is 0.389 e. The Morgan fingerprint density at radius 3 is 2.25 bits per heavy atom. The summed E-state index contributed by atoms with van der Waals surface area (Å²) < 4.78 is 38.0. The van der Waals surface area contributed by atoms with E-state index in [9.17, 15) is 13.2 Å². The molecule has 2 aliphatic carbocycles. The maximum Gasteiger partial charge on any atom is 0.389 e. The van der Waals surface area contributed by atoms with Gasteiger partial charge in [-0.25, -0.2) is 0 Å². The van der Waals surface area contributed by atoms with Gasteiger partial charge in [0.15, 0.2) is 0 Å². The van der Waals surface area contributed by atoms with Crippen molar-refractivity contribution in [3.05, 3.63) is 0 Å². The first kappa shape index (κ1) is 14.6. The molecule has 2 unspecified atom stereocenters. The summed E-state index contributed by atoms with van der Waals surface area (Å²) in [7, 11) is 0. The first-order chi connectivity index (χ1) is 9.49. The molecular weight excluding hydrogens is 265 g/mol. The molecule has 0 aromatic rings. The first-order valence-electron chi connectivity index (χ1n) is 8.06. The van der Waals surface area contributed by atoms with Crippen molar-refractivity contribution in [1.82, 2.24) is 10.2 Å². The van der Waals surface area contributed by atoms with Crippen molar-refractivity contribution in [2.75, 3.05) is 13.1 Å². The number of likely N-dealkylation sites (tertiary alicyclic amines) is 1. The molecule has 20 heavy (non-hydrogen) atoms. The number of hydrogen-bond acceptors (Lipinski definition) is 2. The highest BCUT2D eigenvalue weighted by molar-refractivity contribution is 4.94. The molecule has 1 N–H and O–H groups in total. The summed E-state index contributed by atoms with van der Waals surface area (Å²) in [6, 6.07) is 1.38. The van der Waals surface area contributed by atoms with Gasteiger partial charge in [-0.3, -0.25) is 4.90 Å². The van der Waals surface area contributed by atoms with E-state index in [0.29, 0.717) is 25.0 Å². The zero-order valence-corrected chi connectivity index (χ0v) is 12.0. The third-order valence-electron chi connectivity index (χ3n) is 4.98. The van der Waals surface area contributed by atoms with Gasteiger partial charge in [0.1, 0.15) is 0 Å². The third kappa shape index (κ3) is 4.10. The van der Waals surface area contributed by atoms with Crippen LogP contribution in [0.1, 0.15) is 51.4 Å². The summed E-state index contributed by atoms with van der Waals surface area (Å²) in [6.45, 7) is 1.60. The lowest BCUT2D eigenvalue weighted by molar-refractivity contribution is -0.149. The van der Waals surface area contributed by atoms with Crippen LogP contribution in [0.2, 0.25) is 0 Å². The van der Waals surface area contributed by atoms with E-state index in [0.717, 1.165) is 6.54 Å². The Morgan fingerprint density at radius 1 is 0.950 bits per heavy atom. The molecule has 1 heterocycles. The molecule has 3 rings (SSSR count). The maximum atomic E-state index is 12.7. The number of alkyl halides is 3. The van der Waals surface area contributed by atoms with Crippen LogP contribution in [0, 0.1) is 5.92 Å². The van der Waals surface area contributed by atoms with Gasteiger partial charge < -0.3 is 5.32 Å². The lowest BCUT2D eigenvalue weighted by Gasteiger charge is -2.39. The molecule has 1 saturated heterocycles. The fraction of sp³-hybridized carbons (Fsp3) is 1.00. The zero-order valence-electron chi connectivity index (χ0n) is 12.0. The number of hydrogen-bond donors (Lipinski definition) is 1. The molecule has 0 bridgehead atoms. The lowest BCUT2D eigenvalue weighted by Crippen LogP contribution is -2.52. The van der Waals surface area contributed by atoms with Crippen molar-refractivity contribution in [1.29, 1.82) is 0 Å². The normalized spacial score (nSPS) is 33.8. The minimum atomic E-state index is -4.02. The number of rotatable bonds is 4. The standard InChI is InChI=1S/C15H25F3N2/c16-15(17,18)8-11-7-13(19-12-3-1-2-4-12)10-20(9-11)14-5-6-14/h11-14,19H,1-10H2. The van der Waals surface area contributed by atoms with Crippen LogP contribution in [-0.2, 0) is 0 Å². The average molecular weight is 290 g/mol. The smallest absolute Gasteiger partial charge is 0.310 e. The third-order valence-corrected chi connectivity index (χ3v) is 4.98. The van der Waals surface area contributed by atoms with Gasteiger partial charge in [-0.15, -0.1) is 0 Å². The van der Waals surface area contributed by atoms with Gasteiger partial charge in [0, 0.05) is 37.6 Å². The minimum absolute atomic E-state index is 0.219. The highest BCUT2D eigenvalue weighted by Crippen LogP contribution is 2.35. The molecule has 116 valence electrons. The van der Waals surface area contributed by atoms with Gasteiger partial charge in [0.05, 0.1) is 0 Å². The van der Waals surface area contributed by atoms with Crippen molar-refractivity contribution < 1.29 is 13.2 Å². The predicted molar refractivity (Wildman–Crippen MR) is 72.6 cm³/mol. The van der Waals surface area contributed by atoms with Crippen molar-refractivity contribution in [3.8, 4) is 0 Å². The van der Waals surface area contributed by atoms with Crippen molar-refractivity contribution >= 4 is 0 Å². The van der Waals surface area contributed by atoms with Crippen LogP contribution in [-0.4, -0.2) is 42.3 Å². The molecule has 0 spiro atoms. The average Bonchev–Trinajstić information content (AvgIpc) is 3.07. The van der Waals surface area contributed by atoms with Crippen LogP contribution < -0.4 is 5.32 Å². The van der Waals surface area contributed by atoms with Gasteiger partial charge in [-0.1, -0.05) is 12.8 Å². The molecular formula is C15H25F3N2. The number of nitrogens with one attached hydrogen (secondary N) is 1. The monoisotopic (exact) mass is 290 g/mol. The Morgan fingerprint density at radius 2 is 1.65 bits per heavy atom. The van der Waals surface area contributed by atoms with Gasteiger partial charge >= 0.3 is 6.18 Å². The van der Waals surface area contributed by atoms with Crippen LogP contribution in [0.25, 0.3) is 0 Å². The summed E-state index contributed by atoms with van der Waals surface area (Å²) >= 11 is 0. The topological polar surface area (TPSA) is 15.3 Å². The molecule has 3 aliphatic rings. The maximum absolute atomic E-state index is 12.7. The molecule has 2 atom stereocenters. The Hall–Kier alpha value is -0.290. The van der Waals surface area contributed by atoms with Gasteiger partial charge in [-0.05, 0) is 38.0 Å². The number of halogens is 3. The number of piperidine rings is 1. The Kier molecular flexibility index (Phi) is 4.27. The molecule has 1 aliphatic heterocycles. The van der Waals surface area contributed by atoms with Crippen LogP contribution >= 0.6 is 0 Å². The lowest BCUT2D eigenvalue weighted by atomic mass is 9.90. The predicted octanol–water partition coefficient (Wildman–Crippen LogP) is 3.32. The highest BCUT2D eigenvalue weighted by atomic mass is 19.4. The van der Waals surface area contributed by atoms with Crippen LogP contribution in [0.5, 0.6) is 0 Å². The van der Waals surface area contributed by atoms with Crippen LogP contribution in [0.4, 0.5) is 13.2 Å². The Balaban J connectivity index is 1.57. The molecule has 2 saturated carbocycles. The molecule has 0 aromatic heterocycles. The van der Waals surface area contributed by atoms with E-state index in [4.69, 9.17) is 0 Å². The second-order valence-corrected chi connectivity index (χ2v) is 6.95. The quantitative estimate of drug-likeness (QED) is 0.854. The summed E-state index contributed by atoms with van der Waals surface area (Å²) in [5.41, 5.74) is 0. The van der Waals surface area contributed by atoms with E-state index in [1.54, 1.807) is 0 Å². The molecule has 2 nitrogen and oxygen atoms in total. The van der Waals surface area contributed by atoms with Crippen molar-refractivity contribution in [2.45, 2.75) is 75.7 Å². The van der Waals surface area contributed by atoms with Gasteiger partial charge in [0.2, 0.25) is 0 Å². The van der Waals surface area contributed by atoms with E-state index < -0.39 is 12.6 Å². The Labute approximate surface area is 119 Å². The molecule has 5 heteroatoms. The fourth-order valence-electron chi connectivity index (χ4n) is 4.00. The zero-order chi connectivity index (χ0) is 14.2. The molecule has 0 amide bonds. The van der Waals surface area contributed by atoms with Crippen molar-refractivity contribution in [3.63, 3.8) is 0 Å². The fourth-order valence-corrected chi connectivity index (χ4v) is 4.00. The second kappa shape index (κ2) is 5.84. The van der Waals surface area contributed by atoms with Crippen molar-refractivity contribution in [2.24, 2.45) is 5.92 Å². The van der Waals surface area contributed by atoms with Gasteiger partial charge in [0.25, 0.3) is 0 Å². The minimum Gasteiger partial charge on any atom is -0.310 e. The first-order valence-corrected chi connectivity index (χ1v) is 8.06. The van der Waals surface area contributed by atoms with E-state index >= 15 is 0 Å². The molecule has 0 aromatic carbocycles. The van der Waals surface area contributed by atoms with E-state index in [2.05, 4.69) is 10.2 Å². The highest BCUT2D eigenvalue weighted by Gasteiger charge is 2.40. The molecule has 3 fully saturated rings. The summed E-state index contributed by atoms with van der Waals surface area (Å²) in [5.74, 6) is -0.219. The van der Waals surface area contributed by atoms with E-state index in [-0.39, 0.29) is 12.0 Å². The number of nitrogens with zero attached hydrogens (tertiary/aromatic N) is 1. The Bertz CT molecular complexity index is 320. The van der Waals surface area contributed by atoms with E-state index in [1.165, 1.54) is 38.5 Å². The van der Waals surface area contributed by atoms with Crippen LogP contribution in [0.3, 0.4) is 0 Å². The molecule has 0 radical (unpaired) electrons. The van der Waals surface area contributed by atoms with E-state index in [1.807, 2.05) is 0 Å². The summed E-state index contributed by atoms with van der Waals surface area (Å²) in [5, 5.41) is 3.64. The summed E-state index contributed by atoms with van der Waals surface area (Å²) in [4.78, 5) is 2.31. The second-order valence-electron chi connectivity index (χ2n) is 6.95. The SMILES string of the molecule is FC(F)(F)CC1CC(NC2CCCC2)CN(C2CC2)C1. The van der Waals surface area contributed by atoms with Crippen LogP contribution in [0.15, 0.2) is 0 Å². The van der Waals surface area contributed by atoms with Gasteiger partial charge in [-0.2, -0.15) is 13.2 Å². The summed E-state index contributed by atoms with van der Waals surface area (Å²) in [6.07, 6.45) is 3.34.